The molecular formula is C15H20BrN3. The van der Waals surface area contributed by atoms with Crippen LogP contribution in [-0.2, 0) is 6.42 Å². The van der Waals surface area contributed by atoms with Crippen LogP contribution in [0.3, 0.4) is 0 Å². The molecule has 2 aromatic rings. The van der Waals surface area contributed by atoms with Crippen LogP contribution in [0.5, 0.6) is 0 Å². The van der Waals surface area contributed by atoms with Gasteiger partial charge in [-0.2, -0.15) is 5.10 Å². The van der Waals surface area contributed by atoms with Crippen molar-refractivity contribution in [3.8, 4) is 5.69 Å². The number of nitrogens with two attached hydrogens (primary N) is 1. The topological polar surface area (TPSA) is 43.8 Å². The first-order chi connectivity index (χ1) is 8.95. The smallest absolute Gasteiger partial charge is 0.0660 e. The van der Waals surface area contributed by atoms with E-state index in [0.29, 0.717) is 0 Å². The van der Waals surface area contributed by atoms with Gasteiger partial charge in [0.25, 0.3) is 0 Å². The van der Waals surface area contributed by atoms with Crippen molar-refractivity contribution in [1.82, 2.24) is 9.78 Å². The van der Waals surface area contributed by atoms with E-state index in [1.165, 1.54) is 11.3 Å². The molecule has 2 rings (SSSR count). The fourth-order valence-electron chi connectivity index (χ4n) is 2.46. The van der Waals surface area contributed by atoms with Gasteiger partial charge in [0.15, 0.2) is 0 Å². The zero-order chi connectivity index (χ0) is 14.2. The molecule has 0 aliphatic heterocycles. The van der Waals surface area contributed by atoms with Gasteiger partial charge in [0.2, 0.25) is 0 Å². The monoisotopic (exact) mass is 321 g/mol. The van der Waals surface area contributed by atoms with Gasteiger partial charge in [0.1, 0.15) is 0 Å². The van der Waals surface area contributed by atoms with Crippen molar-refractivity contribution in [3.05, 3.63) is 45.2 Å². The fourth-order valence-corrected chi connectivity index (χ4v) is 3.18. The third-order valence-corrected chi connectivity index (χ3v) is 4.20. The Morgan fingerprint density at radius 3 is 2.53 bits per heavy atom. The minimum atomic E-state index is 0.0232. The van der Waals surface area contributed by atoms with Crippen LogP contribution in [0.15, 0.2) is 22.7 Å². The van der Waals surface area contributed by atoms with Crippen molar-refractivity contribution >= 4 is 15.9 Å². The maximum absolute atomic E-state index is 5.93. The minimum Gasteiger partial charge on any atom is -0.324 e. The Hall–Kier alpha value is -1.13. The summed E-state index contributed by atoms with van der Waals surface area (Å²) in [6.07, 6.45) is 1.01. The van der Waals surface area contributed by atoms with E-state index in [9.17, 15) is 0 Å². The van der Waals surface area contributed by atoms with Crippen molar-refractivity contribution in [2.75, 3.05) is 0 Å². The molecule has 19 heavy (non-hydrogen) atoms. The summed E-state index contributed by atoms with van der Waals surface area (Å²) < 4.78 is 3.04. The van der Waals surface area contributed by atoms with E-state index in [1.54, 1.807) is 0 Å². The van der Waals surface area contributed by atoms with Gasteiger partial charge < -0.3 is 5.73 Å². The number of benzene rings is 1. The molecule has 1 unspecified atom stereocenters. The quantitative estimate of drug-likeness (QED) is 0.933. The highest BCUT2D eigenvalue weighted by Gasteiger charge is 2.12. The average Bonchev–Trinajstić information content (AvgIpc) is 2.63. The summed E-state index contributed by atoms with van der Waals surface area (Å²) in [7, 11) is 0. The highest BCUT2D eigenvalue weighted by molar-refractivity contribution is 9.10. The van der Waals surface area contributed by atoms with E-state index in [1.807, 2.05) is 11.6 Å². The number of nitrogens with zero attached hydrogens (tertiary/aromatic N) is 2. The molecule has 0 radical (unpaired) electrons. The molecule has 0 aliphatic rings. The number of hydrogen-bond acceptors (Lipinski definition) is 2. The lowest BCUT2D eigenvalue weighted by Crippen LogP contribution is -2.07. The Balaban J connectivity index is 2.51. The van der Waals surface area contributed by atoms with E-state index in [2.05, 4.69) is 60.0 Å². The van der Waals surface area contributed by atoms with Crippen LogP contribution in [0.4, 0.5) is 0 Å². The van der Waals surface area contributed by atoms with E-state index in [4.69, 9.17) is 5.73 Å². The largest absolute Gasteiger partial charge is 0.324 e. The Bertz CT molecular complexity index is 600. The first kappa shape index (κ1) is 14.3. The molecule has 0 spiro atoms. The van der Waals surface area contributed by atoms with E-state index in [0.717, 1.165) is 27.8 Å². The highest BCUT2D eigenvalue weighted by Crippen LogP contribution is 2.26. The molecule has 0 saturated heterocycles. The molecule has 1 aromatic heterocycles. The number of halogens is 1. The van der Waals surface area contributed by atoms with Crippen LogP contribution in [0.2, 0.25) is 0 Å². The molecule has 0 fully saturated rings. The van der Waals surface area contributed by atoms with Gasteiger partial charge in [-0.05, 0) is 50.5 Å². The van der Waals surface area contributed by atoms with Gasteiger partial charge in [-0.25, -0.2) is 4.68 Å². The van der Waals surface area contributed by atoms with Gasteiger partial charge >= 0.3 is 0 Å². The van der Waals surface area contributed by atoms with E-state index >= 15 is 0 Å². The molecule has 0 amide bonds. The summed E-state index contributed by atoms with van der Waals surface area (Å²) in [5.74, 6) is 0. The summed E-state index contributed by atoms with van der Waals surface area (Å²) in [5, 5.41) is 4.63. The van der Waals surface area contributed by atoms with Crippen molar-refractivity contribution in [3.63, 3.8) is 0 Å². The summed E-state index contributed by atoms with van der Waals surface area (Å²) in [6, 6.07) is 6.24. The summed E-state index contributed by atoms with van der Waals surface area (Å²) in [6.45, 7) is 8.33. The van der Waals surface area contributed by atoms with Gasteiger partial charge in [-0.1, -0.05) is 28.9 Å². The Labute approximate surface area is 122 Å². The minimum absolute atomic E-state index is 0.0232. The zero-order valence-electron chi connectivity index (χ0n) is 11.9. The predicted octanol–water partition coefficient (Wildman–Crippen LogP) is 3.83. The van der Waals surface area contributed by atoms with Crippen molar-refractivity contribution in [2.24, 2.45) is 5.73 Å². The van der Waals surface area contributed by atoms with Crippen molar-refractivity contribution in [1.29, 1.82) is 0 Å². The molecule has 1 atom stereocenters. The summed E-state index contributed by atoms with van der Waals surface area (Å²) in [4.78, 5) is 0. The Morgan fingerprint density at radius 2 is 2.05 bits per heavy atom. The fraction of sp³-hybridized carbons (Fsp3) is 0.400. The predicted molar refractivity (Wildman–Crippen MR) is 82.7 cm³/mol. The lowest BCUT2D eigenvalue weighted by atomic mass is 10.1. The molecule has 0 bridgehead atoms. The second-order valence-corrected chi connectivity index (χ2v) is 5.76. The number of aromatic nitrogens is 2. The molecule has 102 valence electrons. The van der Waals surface area contributed by atoms with Crippen LogP contribution < -0.4 is 5.73 Å². The average molecular weight is 322 g/mol. The third kappa shape index (κ3) is 2.60. The number of hydrogen-bond donors (Lipinski definition) is 1. The molecule has 1 aromatic carbocycles. The third-order valence-electron chi connectivity index (χ3n) is 3.51. The SMILES string of the molecule is CCc1c(C)nn(-c2ccc(C(C)N)c(Br)c2)c1C. The molecule has 4 heteroatoms. The summed E-state index contributed by atoms with van der Waals surface area (Å²) in [5.41, 5.74) is 11.7. The normalized spacial score (nSPS) is 12.7. The van der Waals surface area contributed by atoms with Gasteiger partial charge in [0.05, 0.1) is 11.4 Å². The van der Waals surface area contributed by atoms with E-state index < -0.39 is 0 Å². The van der Waals surface area contributed by atoms with Gasteiger partial charge in [-0.15, -0.1) is 0 Å². The first-order valence-electron chi connectivity index (χ1n) is 6.56. The number of rotatable bonds is 3. The van der Waals surface area contributed by atoms with Crippen LogP contribution in [0.25, 0.3) is 5.69 Å². The van der Waals surface area contributed by atoms with Crippen molar-refractivity contribution in [2.45, 2.75) is 40.2 Å². The molecule has 3 nitrogen and oxygen atoms in total. The van der Waals surface area contributed by atoms with Gasteiger partial charge in [0, 0.05) is 16.2 Å². The molecule has 0 aliphatic carbocycles. The van der Waals surface area contributed by atoms with Crippen molar-refractivity contribution < 1.29 is 0 Å². The lowest BCUT2D eigenvalue weighted by Gasteiger charge is -2.11. The second kappa shape index (κ2) is 5.47. The standard InChI is InChI=1S/C15H20BrN3/c1-5-13-10(3)18-19(11(13)4)12-6-7-14(9(2)17)15(16)8-12/h6-9H,5,17H2,1-4H3. The zero-order valence-corrected chi connectivity index (χ0v) is 13.5. The van der Waals surface area contributed by atoms with Gasteiger partial charge in [-0.3, -0.25) is 0 Å². The van der Waals surface area contributed by atoms with Crippen LogP contribution in [-0.4, -0.2) is 9.78 Å². The van der Waals surface area contributed by atoms with Crippen LogP contribution >= 0.6 is 15.9 Å². The number of aryl methyl sites for hydroxylation is 1. The maximum atomic E-state index is 5.93. The Morgan fingerprint density at radius 1 is 1.37 bits per heavy atom. The highest BCUT2D eigenvalue weighted by atomic mass is 79.9. The van der Waals surface area contributed by atoms with Crippen LogP contribution in [0, 0.1) is 13.8 Å². The lowest BCUT2D eigenvalue weighted by molar-refractivity contribution is 0.803. The van der Waals surface area contributed by atoms with Crippen LogP contribution in [0.1, 0.15) is 42.4 Å². The second-order valence-electron chi connectivity index (χ2n) is 4.91. The first-order valence-corrected chi connectivity index (χ1v) is 7.35. The molecular weight excluding hydrogens is 302 g/mol. The molecule has 1 heterocycles. The summed E-state index contributed by atoms with van der Waals surface area (Å²) >= 11 is 3.59. The van der Waals surface area contributed by atoms with E-state index in [-0.39, 0.29) is 6.04 Å². The molecule has 0 saturated carbocycles. The Kier molecular flexibility index (Phi) is 4.11. The maximum Gasteiger partial charge on any atom is 0.0660 e. The molecule has 2 N–H and O–H groups in total.